The molecule has 0 atom stereocenters. The standard InChI is InChI=1S/C25H23N3O/c1-17-14-21(6-5-13-26)25(28-17)20-11-9-19(10-12-20)16-29-24-15-18(2)27-23-8-4-3-7-22(23)24/h3-4,7-12,14-15,28H,5-6,16H2,1-2H3. The maximum absolute atomic E-state index is 8.89. The molecule has 2 aromatic heterocycles. The number of nitrogens with one attached hydrogen (secondary N) is 1. The number of nitriles is 1. The Morgan fingerprint density at radius 2 is 1.83 bits per heavy atom. The van der Waals surface area contributed by atoms with Gasteiger partial charge in [0.25, 0.3) is 0 Å². The second-order valence-corrected chi connectivity index (χ2v) is 7.28. The van der Waals surface area contributed by atoms with Crippen LogP contribution in [-0.2, 0) is 13.0 Å². The van der Waals surface area contributed by atoms with Crippen LogP contribution in [0.5, 0.6) is 5.75 Å². The van der Waals surface area contributed by atoms with Crippen molar-refractivity contribution in [3.63, 3.8) is 0 Å². The Morgan fingerprint density at radius 1 is 1.03 bits per heavy atom. The van der Waals surface area contributed by atoms with Gasteiger partial charge in [0.15, 0.2) is 0 Å². The van der Waals surface area contributed by atoms with Crippen molar-refractivity contribution in [2.45, 2.75) is 33.3 Å². The Bertz CT molecular complexity index is 1180. The number of fused-ring (bicyclic) bond motifs is 1. The van der Waals surface area contributed by atoms with E-state index in [1.165, 1.54) is 5.56 Å². The second-order valence-electron chi connectivity index (χ2n) is 7.28. The van der Waals surface area contributed by atoms with Crippen LogP contribution in [-0.4, -0.2) is 9.97 Å². The van der Waals surface area contributed by atoms with Gasteiger partial charge in [0.05, 0.1) is 11.6 Å². The van der Waals surface area contributed by atoms with Gasteiger partial charge in [-0.05, 0) is 55.2 Å². The van der Waals surface area contributed by atoms with Crippen molar-refractivity contribution in [3.8, 4) is 23.1 Å². The van der Waals surface area contributed by atoms with Gasteiger partial charge in [-0.15, -0.1) is 0 Å². The highest BCUT2D eigenvalue weighted by Gasteiger charge is 2.09. The zero-order chi connectivity index (χ0) is 20.2. The summed E-state index contributed by atoms with van der Waals surface area (Å²) in [6.07, 6.45) is 1.28. The number of H-pyrrole nitrogens is 1. The second kappa shape index (κ2) is 8.20. The first-order valence-corrected chi connectivity index (χ1v) is 9.78. The van der Waals surface area contributed by atoms with Crippen LogP contribution in [0, 0.1) is 25.2 Å². The summed E-state index contributed by atoms with van der Waals surface area (Å²) in [5.41, 5.74) is 7.52. The number of aromatic nitrogens is 2. The lowest BCUT2D eigenvalue weighted by Gasteiger charge is -2.11. The number of benzene rings is 2. The van der Waals surface area contributed by atoms with Crippen LogP contribution in [0.15, 0.2) is 60.7 Å². The zero-order valence-corrected chi connectivity index (χ0v) is 16.7. The van der Waals surface area contributed by atoms with Gasteiger partial charge >= 0.3 is 0 Å². The van der Waals surface area contributed by atoms with E-state index in [9.17, 15) is 0 Å². The first-order valence-electron chi connectivity index (χ1n) is 9.78. The van der Waals surface area contributed by atoms with Gasteiger partial charge < -0.3 is 9.72 Å². The highest BCUT2D eigenvalue weighted by Crippen LogP contribution is 2.28. The highest BCUT2D eigenvalue weighted by atomic mass is 16.5. The van der Waals surface area contributed by atoms with E-state index in [0.717, 1.165) is 51.3 Å². The number of aryl methyl sites for hydroxylation is 3. The third kappa shape index (κ3) is 4.14. The lowest BCUT2D eigenvalue weighted by Crippen LogP contribution is -1.98. The minimum atomic E-state index is 0.499. The predicted molar refractivity (Wildman–Crippen MR) is 116 cm³/mol. The summed E-state index contributed by atoms with van der Waals surface area (Å²) in [5, 5.41) is 9.92. The summed E-state index contributed by atoms with van der Waals surface area (Å²) in [5.74, 6) is 0.857. The minimum absolute atomic E-state index is 0.499. The van der Waals surface area contributed by atoms with Gasteiger partial charge in [0.2, 0.25) is 0 Å². The Hall–Kier alpha value is -3.58. The van der Waals surface area contributed by atoms with E-state index in [-0.39, 0.29) is 0 Å². The summed E-state index contributed by atoms with van der Waals surface area (Å²) in [7, 11) is 0. The van der Waals surface area contributed by atoms with E-state index < -0.39 is 0 Å². The van der Waals surface area contributed by atoms with Gasteiger partial charge in [-0.1, -0.05) is 36.4 Å². The maximum Gasteiger partial charge on any atom is 0.131 e. The highest BCUT2D eigenvalue weighted by molar-refractivity contribution is 5.85. The normalized spacial score (nSPS) is 10.8. The van der Waals surface area contributed by atoms with Gasteiger partial charge in [-0.2, -0.15) is 5.26 Å². The molecule has 0 aliphatic heterocycles. The SMILES string of the molecule is Cc1cc(OCc2ccc(-c3[nH]c(C)cc3CCC#N)cc2)c2ccccc2n1. The van der Waals surface area contributed by atoms with E-state index in [4.69, 9.17) is 10.00 Å². The fraction of sp³-hybridized carbons (Fsp3) is 0.200. The van der Waals surface area contributed by atoms with Gasteiger partial charge in [-0.25, -0.2) is 0 Å². The molecule has 0 bridgehead atoms. The van der Waals surface area contributed by atoms with E-state index in [1.54, 1.807) is 0 Å². The molecule has 0 fully saturated rings. The molecule has 0 unspecified atom stereocenters. The van der Waals surface area contributed by atoms with E-state index in [1.807, 2.05) is 44.2 Å². The van der Waals surface area contributed by atoms with Crippen LogP contribution in [0.3, 0.4) is 0 Å². The van der Waals surface area contributed by atoms with Crippen LogP contribution >= 0.6 is 0 Å². The first-order chi connectivity index (χ1) is 14.1. The number of pyridine rings is 1. The van der Waals surface area contributed by atoms with E-state index in [0.29, 0.717) is 13.0 Å². The third-order valence-corrected chi connectivity index (χ3v) is 4.98. The molecule has 0 amide bonds. The smallest absolute Gasteiger partial charge is 0.131 e. The molecule has 1 N–H and O–H groups in total. The number of hydrogen-bond donors (Lipinski definition) is 1. The lowest BCUT2D eigenvalue weighted by molar-refractivity contribution is 0.309. The molecule has 0 aliphatic carbocycles. The van der Waals surface area contributed by atoms with E-state index in [2.05, 4.69) is 46.4 Å². The number of nitrogens with zero attached hydrogens (tertiary/aromatic N) is 2. The molecule has 0 saturated heterocycles. The quantitative estimate of drug-likeness (QED) is 0.453. The minimum Gasteiger partial charge on any atom is -0.488 e. The topological polar surface area (TPSA) is 61.7 Å². The van der Waals surface area contributed by atoms with Gasteiger partial charge in [0, 0.05) is 35.0 Å². The van der Waals surface area contributed by atoms with Crippen molar-refractivity contribution >= 4 is 10.9 Å². The van der Waals surface area contributed by atoms with E-state index >= 15 is 0 Å². The summed E-state index contributed by atoms with van der Waals surface area (Å²) < 4.78 is 6.13. The summed E-state index contributed by atoms with van der Waals surface area (Å²) in [6.45, 7) is 4.53. The average molecular weight is 381 g/mol. The van der Waals surface area contributed by atoms with Crippen LogP contribution in [0.2, 0.25) is 0 Å². The van der Waals surface area contributed by atoms with Crippen LogP contribution < -0.4 is 4.74 Å². The monoisotopic (exact) mass is 381 g/mol. The van der Waals surface area contributed by atoms with Crippen molar-refractivity contribution in [3.05, 3.63) is 83.2 Å². The Labute approximate surface area is 170 Å². The molecule has 144 valence electrons. The number of hydrogen-bond acceptors (Lipinski definition) is 3. The molecule has 0 spiro atoms. The zero-order valence-electron chi connectivity index (χ0n) is 16.7. The third-order valence-electron chi connectivity index (χ3n) is 4.98. The fourth-order valence-electron chi connectivity index (χ4n) is 3.61. The van der Waals surface area contributed by atoms with Crippen LogP contribution in [0.1, 0.15) is 28.9 Å². The molecular formula is C25H23N3O. The molecule has 2 aromatic carbocycles. The van der Waals surface area contributed by atoms with Crippen LogP contribution in [0.25, 0.3) is 22.2 Å². The van der Waals surface area contributed by atoms with Crippen molar-refractivity contribution in [1.82, 2.24) is 9.97 Å². The van der Waals surface area contributed by atoms with Crippen LogP contribution in [0.4, 0.5) is 0 Å². The lowest BCUT2D eigenvalue weighted by atomic mass is 10.0. The van der Waals surface area contributed by atoms with Gasteiger partial charge in [0.1, 0.15) is 12.4 Å². The summed E-state index contributed by atoms with van der Waals surface area (Å²) in [6, 6.07) is 22.8. The maximum atomic E-state index is 8.89. The van der Waals surface area contributed by atoms with Crippen molar-refractivity contribution < 1.29 is 4.74 Å². The first kappa shape index (κ1) is 18.8. The summed E-state index contributed by atoms with van der Waals surface area (Å²) in [4.78, 5) is 7.99. The molecule has 2 heterocycles. The fourth-order valence-corrected chi connectivity index (χ4v) is 3.61. The number of aromatic amines is 1. The van der Waals surface area contributed by atoms with Gasteiger partial charge in [-0.3, -0.25) is 4.98 Å². The predicted octanol–water partition coefficient (Wildman–Crippen LogP) is 5.88. The molecule has 4 nitrogen and oxygen atoms in total. The number of rotatable bonds is 6. The Morgan fingerprint density at radius 3 is 2.62 bits per heavy atom. The van der Waals surface area contributed by atoms with Crippen molar-refractivity contribution in [2.75, 3.05) is 0 Å². The summed E-state index contributed by atoms with van der Waals surface area (Å²) >= 11 is 0. The number of para-hydroxylation sites is 1. The number of ether oxygens (including phenoxy) is 1. The largest absolute Gasteiger partial charge is 0.488 e. The molecule has 0 aliphatic rings. The average Bonchev–Trinajstić information content (AvgIpc) is 3.11. The molecular weight excluding hydrogens is 358 g/mol. The van der Waals surface area contributed by atoms with Crippen molar-refractivity contribution in [2.24, 2.45) is 0 Å². The van der Waals surface area contributed by atoms with Crippen molar-refractivity contribution in [1.29, 1.82) is 5.26 Å². The molecule has 4 aromatic rings. The Balaban J connectivity index is 1.52. The Kier molecular flexibility index (Phi) is 5.31. The molecule has 4 rings (SSSR count). The molecule has 0 saturated carbocycles. The molecule has 4 heteroatoms. The molecule has 29 heavy (non-hydrogen) atoms. The molecule has 0 radical (unpaired) electrons.